The van der Waals surface area contributed by atoms with Crippen LogP contribution in [0.5, 0.6) is 0 Å². The number of allylic oxidation sites excluding steroid dienone is 9. The quantitative estimate of drug-likeness (QED) is 0.143. The van der Waals surface area contributed by atoms with Gasteiger partial charge in [0.1, 0.15) is 0 Å². The average molecular weight is 847 g/mol. The predicted octanol–water partition coefficient (Wildman–Crippen LogP) is 16.1. The second kappa shape index (κ2) is 17.8. The van der Waals surface area contributed by atoms with Crippen molar-refractivity contribution in [2.24, 2.45) is 5.92 Å². The molecule has 0 amide bonds. The maximum absolute atomic E-state index is 4.72. The molecule has 8 aromatic carbocycles. The van der Waals surface area contributed by atoms with Crippen molar-refractivity contribution in [1.82, 2.24) is 0 Å². The maximum Gasteiger partial charge on any atom is -0.00144 e. The molecule has 0 heterocycles. The molecule has 0 aliphatic heterocycles. The largest absolute Gasteiger partial charge is 0.0905 e. The molecule has 1 atom stereocenters. The molecule has 66 heavy (non-hydrogen) atoms. The van der Waals surface area contributed by atoms with Gasteiger partial charge >= 0.3 is 0 Å². The van der Waals surface area contributed by atoms with Gasteiger partial charge in [0.25, 0.3) is 0 Å². The van der Waals surface area contributed by atoms with Crippen molar-refractivity contribution in [1.29, 1.82) is 0 Å². The first-order valence-electron chi connectivity index (χ1n) is 23.8. The van der Waals surface area contributed by atoms with E-state index in [1.807, 2.05) is 0 Å². The molecule has 0 bridgehead atoms. The number of fused-ring (bicyclic) bond motifs is 2. The summed E-state index contributed by atoms with van der Waals surface area (Å²) in [5, 5.41) is 4.63. The van der Waals surface area contributed by atoms with Gasteiger partial charge in [-0.1, -0.05) is 214 Å². The molecule has 0 saturated heterocycles. The van der Waals surface area contributed by atoms with Crippen molar-refractivity contribution < 1.29 is 0 Å². The molecule has 0 aromatic heterocycles. The third-order valence-corrected chi connectivity index (χ3v) is 14.1. The molecule has 0 nitrogen and oxygen atoms in total. The Labute approximate surface area is 390 Å². The van der Waals surface area contributed by atoms with Crippen LogP contribution < -0.4 is 10.4 Å². The van der Waals surface area contributed by atoms with Crippen molar-refractivity contribution >= 4 is 40.1 Å². The number of hydrogen-bond donors (Lipinski definition) is 0. The lowest BCUT2D eigenvalue weighted by molar-refractivity contribution is 0.739. The third-order valence-electron chi connectivity index (χ3n) is 14.1. The fourth-order valence-electron chi connectivity index (χ4n) is 10.6. The van der Waals surface area contributed by atoms with Gasteiger partial charge in [-0.3, -0.25) is 0 Å². The normalized spacial score (nSPS) is 15.9. The zero-order valence-electron chi connectivity index (χ0n) is 38.0. The second-order valence-corrected chi connectivity index (χ2v) is 18.3. The summed E-state index contributed by atoms with van der Waals surface area (Å²) in [6, 6.07) is 61.0. The SMILES string of the molecule is C=c1/c(=C(/c2ccc(-c3cccc(-c4cc(C5=CCC(C)C=C5)c(C5=CCCC=C5)c(-c5ccccc5)c4-c4ccccc4)c3)cc2)c2ccc3c(c2C)C=CCC3)ccc2ccccc12. The zero-order valence-corrected chi connectivity index (χ0v) is 38.0. The van der Waals surface area contributed by atoms with Crippen LogP contribution in [0.25, 0.3) is 84.7 Å². The van der Waals surface area contributed by atoms with E-state index in [2.05, 4.69) is 226 Å². The van der Waals surface area contributed by atoms with Crippen molar-refractivity contribution in [3.8, 4) is 44.5 Å². The van der Waals surface area contributed by atoms with Crippen molar-refractivity contribution in [2.75, 3.05) is 0 Å². The minimum Gasteiger partial charge on any atom is -0.0905 e. The molecular weight excluding hydrogens is 793 g/mol. The lowest BCUT2D eigenvalue weighted by Gasteiger charge is -2.26. The Morgan fingerprint density at radius 1 is 0.530 bits per heavy atom. The molecule has 318 valence electrons. The highest BCUT2D eigenvalue weighted by molar-refractivity contribution is 6.06. The monoisotopic (exact) mass is 846 g/mol. The van der Waals surface area contributed by atoms with Crippen LogP contribution in [0.4, 0.5) is 0 Å². The van der Waals surface area contributed by atoms with Gasteiger partial charge in [-0.05, 0) is 178 Å². The van der Waals surface area contributed by atoms with Gasteiger partial charge in [0, 0.05) is 0 Å². The predicted molar refractivity (Wildman–Crippen MR) is 284 cm³/mol. The first-order chi connectivity index (χ1) is 32.5. The van der Waals surface area contributed by atoms with E-state index in [4.69, 9.17) is 6.58 Å². The van der Waals surface area contributed by atoms with Gasteiger partial charge in [0.05, 0.1) is 0 Å². The average Bonchev–Trinajstić information content (AvgIpc) is 3.38. The first kappa shape index (κ1) is 41.2. The lowest BCUT2D eigenvalue weighted by Crippen LogP contribution is -2.27. The Hall–Kier alpha value is -7.54. The molecule has 8 aromatic rings. The number of hydrogen-bond acceptors (Lipinski definition) is 0. The smallest absolute Gasteiger partial charge is 0.00144 e. The van der Waals surface area contributed by atoms with Crippen LogP contribution in [0, 0.1) is 12.8 Å². The lowest BCUT2D eigenvalue weighted by atomic mass is 9.77. The molecule has 0 radical (unpaired) electrons. The fraction of sp³-hybridized carbons (Fsp3) is 0.121. The minimum absolute atomic E-state index is 0.520. The first-order valence-corrected chi connectivity index (χ1v) is 23.8. The third kappa shape index (κ3) is 7.67. The van der Waals surface area contributed by atoms with E-state index in [0.29, 0.717) is 5.92 Å². The van der Waals surface area contributed by atoms with E-state index >= 15 is 0 Å². The minimum atomic E-state index is 0.520. The molecule has 0 N–H and O–H groups in total. The van der Waals surface area contributed by atoms with E-state index in [1.165, 1.54) is 116 Å². The summed E-state index contributed by atoms with van der Waals surface area (Å²) < 4.78 is 0. The molecular formula is C66H54. The highest BCUT2D eigenvalue weighted by Crippen LogP contribution is 2.49. The van der Waals surface area contributed by atoms with Crippen LogP contribution >= 0.6 is 0 Å². The highest BCUT2D eigenvalue weighted by atomic mass is 14.3. The summed E-state index contributed by atoms with van der Waals surface area (Å²) in [5.41, 5.74) is 22.8. The molecule has 3 aliphatic rings. The summed E-state index contributed by atoms with van der Waals surface area (Å²) in [5.74, 6) is 0.520. The van der Waals surface area contributed by atoms with Gasteiger partial charge in [-0.25, -0.2) is 0 Å². The topological polar surface area (TPSA) is 0 Å². The molecule has 0 spiro atoms. The van der Waals surface area contributed by atoms with Crippen LogP contribution in [0.3, 0.4) is 0 Å². The zero-order chi connectivity index (χ0) is 44.6. The van der Waals surface area contributed by atoms with Crippen LogP contribution in [0.2, 0.25) is 0 Å². The van der Waals surface area contributed by atoms with E-state index < -0.39 is 0 Å². The Morgan fingerprint density at radius 3 is 2.02 bits per heavy atom. The molecule has 11 rings (SSSR count). The van der Waals surface area contributed by atoms with Crippen molar-refractivity contribution in [3.63, 3.8) is 0 Å². The summed E-state index contributed by atoms with van der Waals surface area (Å²) in [6.07, 6.45) is 24.3. The van der Waals surface area contributed by atoms with Crippen LogP contribution in [0.15, 0.2) is 206 Å². The van der Waals surface area contributed by atoms with Crippen LogP contribution in [-0.4, -0.2) is 0 Å². The Morgan fingerprint density at radius 2 is 1.26 bits per heavy atom. The van der Waals surface area contributed by atoms with E-state index in [0.717, 1.165) is 37.3 Å². The molecule has 0 fully saturated rings. The van der Waals surface area contributed by atoms with Crippen molar-refractivity contribution in [2.45, 2.75) is 46.0 Å². The molecule has 1 unspecified atom stereocenters. The van der Waals surface area contributed by atoms with Gasteiger partial charge in [0.2, 0.25) is 0 Å². The van der Waals surface area contributed by atoms with Crippen LogP contribution in [-0.2, 0) is 6.42 Å². The maximum atomic E-state index is 4.72. The van der Waals surface area contributed by atoms with Crippen molar-refractivity contribution in [3.05, 3.63) is 256 Å². The fourth-order valence-corrected chi connectivity index (χ4v) is 10.6. The summed E-state index contributed by atoms with van der Waals surface area (Å²) in [6.45, 7) is 9.32. The Kier molecular flexibility index (Phi) is 11.1. The molecule has 0 heteroatoms. The molecule has 0 saturated carbocycles. The van der Waals surface area contributed by atoms with Gasteiger partial charge in [-0.15, -0.1) is 0 Å². The standard InChI is InChI=1S/C66H54/c1-44-30-32-50(33-31-44)61-43-62(65(52-22-9-5-10-23-52)66(53-24-11-6-12-25-53)64(61)51-20-7-4-8-21-51)56-27-17-26-55(42-56)47-34-36-54(37-35-47)63(59-40-38-48-18-13-15-28-57(48)45(59)2)60-41-39-49-19-14-16-29-58(49)46(60)3/h5-7,9-13,15-18,20-30,32-44H,2,4,8,14,19,31H2,1,3H3/b63-59-. The van der Waals surface area contributed by atoms with E-state index in [-0.39, 0.29) is 0 Å². The Bertz CT molecular complexity index is 3440. The summed E-state index contributed by atoms with van der Waals surface area (Å²) >= 11 is 0. The van der Waals surface area contributed by atoms with E-state index in [9.17, 15) is 0 Å². The Balaban J connectivity index is 1.10. The highest BCUT2D eigenvalue weighted by Gasteiger charge is 2.26. The second-order valence-electron chi connectivity index (χ2n) is 18.3. The van der Waals surface area contributed by atoms with Gasteiger partial charge in [0.15, 0.2) is 0 Å². The van der Waals surface area contributed by atoms with Crippen LogP contribution in [0.1, 0.15) is 71.6 Å². The summed E-state index contributed by atoms with van der Waals surface area (Å²) in [7, 11) is 0. The number of rotatable bonds is 8. The number of benzene rings is 8. The van der Waals surface area contributed by atoms with E-state index in [1.54, 1.807) is 0 Å². The molecule has 3 aliphatic carbocycles. The van der Waals surface area contributed by atoms with Gasteiger partial charge < -0.3 is 0 Å². The number of aryl methyl sites for hydroxylation is 1. The van der Waals surface area contributed by atoms with Gasteiger partial charge in [-0.2, -0.15) is 0 Å². The summed E-state index contributed by atoms with van der Waals surface area (Å²) in [4.78, 5) is 0.